The molecule has 0 radical (unpaired) electrons. The number of carbonyl (C=O) groups is 2. The summed E-state index contributed by atoms with van der Waals surface area (Å²) in [5.41, 5.74) is 1.15. The van der Waals surface area contributed by atoms with Crippen molar-refractivity contribution < 1.29 is 19.8 Å². The first-order valence-corrected chi connectivity index (χ1v) is 8.30. The van der Waals surface area contributed by atoms with Crippen molar-refractivity contribution >= 4 is 22.9 Å². The summed E-state index contributed by atoms with van der Waals surface area (Å²) in [5.74, 6) is -1.54. The van der Waals surface area contributed by atoms with Gasteiger partial charge in [0, 0.05) is 5.56 Å². The van der Waals surface area contributed by atoms with Crippen LogP contribution in [-0.2, 0) is 0 Å². The Labute approximate surface area is 144 Å². The van der Waals surface area contributed by atoms with Crippen molar-refractivity contribution in [2.75, 3.05) is 10.6 Å². The van der Waals surface area contributed by atoms with Gasteiger partial charge in [0.25, 0.3) is 0 Å². The van der Waals surface area contributed by atoms with Crippen LogP contribution in [0.4, 0.5) is 11.4 Å². The summed E-state index contributed by atoms with van der Waals surface area (Å²) in [4.78, 5) is 25.9. The topological polar surface area (TPSA) is 98.7 Å². The van der Waals surface area contributed by atoms with Crippen LogP contribution in [0.2, 0.25) is 0 Å². The standard InChI is InChI=1S/C19H18N2O4/c1-3-19(4-2)20-10-6-5-9-13(16(10)21-19)18(25)15-12(23)8-7-11(22)14(15)17(9)24/h5-8,20-23H,3-4H2,1-2H3. The molecule has 0 fully saturated rings. The molecule has 2 aliphatic rings. The second kappa shape index (κ2) is 4.99. The maximum absolute atomic E-state index is 13.1. The molecule has 128 valence electrons. The van der Waals surface area contributed by atoms with Crippen molar-refractivity contribution in [3.8, 4) is 11.5 Å². The van der Waals surface area contributed by atoms with Crippen molar-refractivity contribution in [1.29, 1.82) is 0 Å². The Morgan fingerprint density at radius 2 is 1.44 bits per heavy atom. The summed E-state index contributed by atoms with van der Waals surface area (Å²) in [6.07, 6.45) is 1.58. The third kappa shape index (κ3) is 1.91. The molecule has 1 heterocycles. The lowest BCUT2D eigenvalue weighted by molar-refractivity contribution is 0.0975. The number of ketones is 2. The van der Waals surface area contributed by atoms with Gasteiger partial charge < -0.3 is 20.8 Å². The zero-order chi connectivity index (χ0) is 17.9. The largest absolute Gasteiger partial charge is 0.507 e. The molecule has 0 spiro atoms. The Hall–Kier alpha value is -3.02. The molecule has 1 aliphatic carbocycles. The predicted octanol–water partition coefficient (Wildman–Crippen LogP) is 3.23. The molecule has 0 aromatic heterocycles. The molecule has 0 atom stereocenters. The van der Waals surface area contributed by atoms with Gasteiger partial charge in [0.1, 0.15) is 17.2 Å². The van der Waals surface area contributed by atoms with Crippen molar-refractivity contribution in [3.63, 3.8) is 0 Å². The number of rotatable bonds is 2. The molecule has 1 aliphatic heterocycles. The molecule has 0 amide bonds. The number of anilines is 2. The zero-order valence-electron chi connectivity index (χ0n) is 13.9. The van der Waals surface area contributed by atoms with E-state index in [1.54, 1.807) is 12.1 Å². The molecule has 6 heteroatoms. The van der Waals surface area contributed by atoms with Crippen LogP contribution < -0.4 is 10.6 Å². The number of aromatic hydroxyl groups is 2. The summed E-state index contributed by atoms with van der Waals surface area (Å²) in [6, 6.07) is 5.80. The van der Waals surface area contributed by atoms with Gasteiger partial charge in [-0.25, -0.2) is 0 Å². The first-order chi connectivity index (χ1) is 11.9. The van der Waals surface area contributed by atoms with Crippen LogP contribution in [0.15, 0.2) is 24.3 Å². The van der Waals surface area contributed by atoms with Gasteiger partial charge in [-0.3, -0.25) is 9.59 Å². The number of hydrogen-bond donors (Lipinski definition) is 4. The minimum Gasteiger partial charge on any atom is -0.507 e. The average molecular weight is 338 g/mol. The van der Waals surface area contributed by atoms with Gasteiger partial charge in [-0.1, -0.05) is 13.8 Å². The van der Waals surface area contributed by atoms with E-state index >= 15 is 0 Å². The van der Waals surface area contributed by atoms with E-state index in [0.29, 0.717) is 5.69 Å². The van der Waals surface area contributed by atoms with Crippen LogP contribution in [-0.4, -0.2) is 27.4 Å². The molecule has 0 unspecified atom stereocenters. The SMILES string of the molecule is CCC1(CC)Nc2ccc3c(c2N1)C(=O)c1c(O)ccc(O)c1C3=O. The van der Waals surface area contributed by atoms with Gasteiger partial charge in [0.2, 0.25) is 5.78 Å². The Morgan fingerprint density at radius 1 is 0.840 bits per heavy atom. The summed E-state index contributed by atoms with van der Waals surface area (Å²) in [6.45, 7) is 4.07. The Balaban J connectivity index is 1.97. The van der Waals surface area contributed by atoms with Gasteiger partial charge in [0.15, 0.2) is 5.78 Å². The van der Waals surface area contributed by atoms with Crippen LogP contribution in [0.25, 0.3) is 0 Å². The number of nitrogens with one attached hydrogen (secondary N) is 2. The molecule has 0 bridgehead atoms. The summed E-state index contributed by atoms with van der Waals surface area (Å²) in [5, 5.41) is 26.9. The number of phenols is 2. The highest BCUT2D eigenvalue weighted by atomic mass is 16.3. The molecule has 25 heavy (non-hydrogen) atoms. The Kier molecular flexibility index (Phi) is 3.09. The van der Waals surface area contributed by atoms with Crippen LogP contribution in [0.5, 0.6) is 11.5 Å². The van der Waals surface area contributed by atoms with E-state index in [9.17, 15) is 19.8 Å². The Morgan fingerprint density at radius 3 is 2.04 bits per heavy atom. The van der Waals surface area contributed by atoms with E-state index in [1.807, 2.05) is 13.8 Å². The normalized spacial score (nSPS) is 16.6. The molecule has 4 rings (SSSR count). The molecule has 2 aromatic rings. The van der Waals surface area contributed by atoms with Crippen LogP contribution >= 0.6 is 0 Å². The fourth-order valence-electron chi connectivity index (χ4n) is 3.69. The lowest BCUT2D eigenvalue weighted by Crippen LogP contribution is -2.40. The molecule has 0 saturated carbocycles. The smallest absolute Gasteiger partial charge is 0.200 e. The van der Waals surface area contributed by atoms with Gasteiger partial charge in [0.05, 0.1) is 28.1 Å². The highest BCUT2D eigenvalue weighted by Gasteiger charge is 2.41. The number of fused-ring (bicyclic) bond motifs is 4. The monoisotopic (exact) mass is 338 g/mol. The lowest BCUT2D eigenvalue weighted by atomic mass is 9.82. The summed E-state index contributed by atoms with van der Waals surface area (Å²) in [7, 11) is 0. The Bertz CT molecular complexity index is 945. The van der Waals surface area contributed by atoms with Gasteiger partial charge >= 0.3 is 0 Å². The maximum atomic E-state index is 13.1. The molecule has 6 nitrogen and oxygen atoms in total. The van der Waals surface area contributed by atoms with E-state index in [-0.39, 0.29) is 39.4 Å². The second-order valence-corrected chi connectivity index (χ2v) is 6.46. The molecular weight excluding hydrogens is 320 g/mol. The minimum absolute atomic E-state index is 0.138. The fraction of sp³-hybridized carbons (Fsp3) is 0.263. The van der Waals surface area contributed by atoms with Crippen molar-refractivity contribution in [2.45, 2.75) is 32.4 Å². The first kappa shape index (κ1) is 15.5. The quantitative estimate of drug-likeness (QED) is 0.536. The molecule has 0 saturated heterocycles. The number of phenolic OH excluding ortho intramolecular Hbond substituents is 2. The van der Waals surface area contributed by atoms with E-state index in [2.05, 4.69) is 10.6 Å². The zero-order valence-corrected chi connectivity index (χ0v) is 13.9. The average Bonchev–Trinajstić information content (AvgIpc) is 3.00. The minimum atomic E-state index is -0.466. The third-order valence-electron chi connectivity index (χ3n) is 5.24. The molecule has 4 N–H and O–H groups in total. The lowest BCUT2D eigenvalue weighted by Gasteiger charge is -2.28. The van der Waals surface area contributed by atoms with Crippen molar-refractivity contribution in [1.82, 2.24) is 0 Å². The van der Waals surface area contributed by atoms with Crippen LogP contribution in [0.3, 0.4) is 0 Å². The van der Waals surface area contributed by atoms with Crippen molar-refractivity contribution in [2.24, 2.45) is 0 Å². The fourth-order valence-corrected chi connectivity index (χ4v) is 3.69. The first-order valence-electron chi connectivity index (χ1n) is 8.30. The van der Waals surface area contributed by atoms with Gasteiger partial charge in [-0.05, 0) is 37.1 Å². The third-order valence-corrected chi connectivity index (χ3v) is 5.24. The van der Waals surface area contributed by atoms with Crippen molar-refractivity contribution in [3.05, 3.63) is 46.5 Å². The number of benzene rings is 2. The number of hydrogen-bond acceptors (Lipinski definition) is 6. The predicted molar refractivity (Wildman–Crippen MR) is 93.6 cm³/mol. The van der Waals surface area contributed by atoms with E-state index in [4.69, 9.17) is 0 Å². The second-order valence-electron chi connectivity index (χ2n) is 6.46. The summed E-state index contributed by atoms with van der Waals surface area (Å²) < 4.78 is 0. The van der Waals surface area contributed by atoms with E-state index in [0.717, 1.165) is 18.5 Å². The molecular formula is C19H18N2O4. The van der Waals surface area contributed by atoms with E-state index < -0.39 is 11.6 Å². The van der Waals surface area contributed by atoms with E-state index in [1.165, 1.54) is 12.1 Å². The van der Waals surface area contributed by atoms with Gasteiger partial charge in [-0.2, -0.15) is 0 Å². The maximum Gasteiger partial charge on any atom is 0.200 e. The van der Waals surface area contributed by atoms with Crippen LogP contribution in [0, 0.1) is 0 Å². The highest BCUT2D eigenvalue weighted by molar-refractivity contribution is 6.32. The number of carbonyl (C=O) groups excluding carboxylic acids is 2. The van der Waals surface area contributed by atoms with Crippen LogP contribution in [0.1, 0.15) is 58.5 Å². The molecule has 2 aromatic carbocycles. The summed E-state index contributed by atoms with van der Waals surface area (Å²) >= 11 is 0. The van der Waals surface area contributed by atoms with Gasteiger partial charge in [-0.15, -0.1) is 0 Å². The highest BCUT2D eigenvalue weighted by Crippen LogP contribution is 2.46.